The SMILES string of the molecule is COc1c(Cl)ccnc1C(=O)N1CCC(N[C@@H]2CCOC[C@@H]2OC)CC1. The molecule has 144 valence electrons. The molecule has 0 unspecified atom stereocenters. The Morgan fingerprint density at radius 1 is 1.35 bits per heavy atom. The van der Waals surface area contributed by atoms with Crippen LogP contribution in [0.1, 0.15) is 29.8 Å². The molecule has 26 heavy (non-hydrogen) atoms. The number of halogens is 1. The summed E-state index contributed by atoms with van der Waals surface area (Å²) < 4.78 is 16.2. The fraction of sp³-hybridized carbons (Fsp3) is 0.667. The van der Waals surface area contributed by atoms with Crippen molar-refractivity contribution >= 4 is 17.5 Å². The van der Waals surface area contributed by atoms with Crippen LogP contribution < -0.4 is 10.1 Å². The van der Waals surface area contributed by atoms with Gasteiger partial charge in [-0.05, 0) is 25.3 Å². The number of nitrogens with one attached hydrogen (secondary N) is 1. The summed E-state index contributed by atoms with van der Waals surface area (Å²) in [5.74, 6) is 0.202. The minimum Gasteiger partial charge on any atom is -0.493 e. The molecule has 2 aliphatic heterocycles. The number of aromatic nitrogens is 1. The highest BCUT2D eigenvalue weighted by atomic mass is 35.5. The molecule has 0 aliphatic carbocycles. The number of nitrogens with zero attached hydrogens (tertiary/aromatic N) is 2. The van der Waals surface area contributed by atoms with Gasteiger partial charge in [-0.2, -0.15) is 0 Å². The minimum absolute atomic E-state index is 0.0864. The molecule has 1 N–H and O–H groups in total. The van der Waals surface area contributed by atoms with E-state index in [4.69, 9.17) is 25.8 Å². The highest BCUT2D eigenvalue weighted by Gasteiger charge is 2.31. The number of ether oxygens (including phenoxy) is 3. The Hall–Kier alpha value is -1.41. The van der Waals surface area contributed by atoms with Gasteiger partial charge in [-0.1, -0.05) is 11.6 Å². The summed E-state index contributed by atoms with van der Waals surface area (Å²) in [7, 11) is 3.22. The summed E-state index contributed by atoms with van der Waals surface area (Å²) in [6.45, 7) is 2.74. The van der Waals surface area contributed by atoms with Crippen LogP contribution in [-0.2, 0) is 9.47 Å². The zero-order chi connectivity index (χ0) is 18.5. The van der Waals surface area contributed by atoms with Gasteiger partial charge in [0, 0.05) is 45.1 Å². The molecule has 0 radical (unpaired) electrons. The first-order chi connectivity index (χ1) is 12.6. The van der Waals surface area contributed by atoms with Crippen LogP contribution in [0, 0.1) is 0 Å². The Kier molecular flexibility index (Phi) is 6.69. The maximum atomic E-state index is 12.8. The molecule has 7 nitrogen and oxygen atoms in total. The van der Waals surface area contributed by atoms with Crippen LogP contribution in [0.2, 0.25) is 5.02 Å². The first-order valence-corrected chi connectivity index (χ1v) is 9.36. The third-order valence-corrected chi connectivity index (χ3v) is 5.40. The number of methoxy groups -OCH3 is 2. The lowest BCUT2D eigenvalue weighted by molar-refractivity contribution is -0.0533. The van der Waals surface area contributed by atoms with Crippen molar-refractivity contribution in [3.8, 4) is 5.75 Å². The van der Waals surface area contributed by atoms with Gasteiger partial charge in [0.15, 0.2) is 11.4 Å². The third kappa shape index (κ3) is 4.28. The van der Waals surface area contributed by atoms with Gasteiger partial charge >= 0.3 is 0 Å². The van der Waals surface area contributed by atoms with Gasteiger partial charge in [-0.15, -0.1) is 0 Å². The summed E-state index contributed by atoms with van der Waals surface area (Å²) in [6.07, 6.45) is 4.34. The van der Waals surface area contributed by atoms with Crippen LogP contribution in [0.25, 0.3) is 0 Å². The van der Waals surface area contributed by atoms with E-state index in [1.54, 1.807) is 13.2 Å². The van der Waals surface area contributed by atoms with Crippen LogP contribution in [0.4, 0.5) is 0 Å². The highest BCUT2D eigenvalue weighted by molar-refractivity contribution is 6.32. The molecule has 2 atom stereocenters. The lowest BCUT2D eigenvalue weighted by atomic mass is 9.99. The standard InChI is InChI=1S/C18H26ClN3O4/c1-24-15-11-26-10-6-14(15)21-12-4-8-22(9-5-12)18(23)16-17(25-2)13(19)3-7-20-16/h3,7,12,14-15,21H,4-6,8-11H2,1-2H3/t14-,15+/m1/s1. The summed E-state index contributed by atoms with van der Waals surface area (Å²) in [4.78, 5) is 18.8. The lowest BCUT2D eigenvalue weighted by Crippen LogP contribution is -2.54. The monoisotopic (exact) mass is 383 g/mol. The number of amides is 1. The van der Waals surface area contributed by atoms with Crippen LogP contribution >= 0.6 is 11.6 Å². The summed E-state index contributed by atoms with van der Waals surface area (Å²) >= 11 is 6.10. The van der Waals surface area contributed by atoms with Gasteiger partial charge in [-0.3, -0.25) is 4.79 Å². The topological polar surface area (TPSA) is 72.9 Å². The molecular formula is C18H26ClN3O4. The molecule has 1 aromatic heterocycles. The van der Waals surface area contributed by atoms with E-state index in [0.717, 1.165) is 25.9 Å². The number of piperidine rings is 1. The van der Waals surface area contributed by atoms with E-state index in [1.807, 2.05) is 4.90 Å². The van der Waals surface area contributed by atoms with Crippen LogP contribution in [0.15, 0.2) is 12.3 Å². The zero-order valence-electron chi connectivity index (χ0n) is 15.2. The molecule has 2 aliphatic rings. The molecule has 2 saturated heterocycles. The van der Waals surface area contributed by atoms with Crippen LogP contribution in [0.3, 0.4) is 0 Å². The van der Waals surface area contributed by atoms with E-state index in [2.05, 4.69) is 10.3 Å². The van der Waals surface area contributed by atoms with Crippen molar-refractivity contribution in [2.75, 3.05) is 40.5 Å². The van der Waals surface area contributed by atoms with Gasteiger partial charge in [0.05, 0.1) is 24.8 Å². The predicted octanol–water partition coefficient (Wildman–Crippen LogP) is 1.74. The Balaban J connectivity index is 1.57. The predicted molar refractivity (Wildman–Crippen MR) is 97.9 cm³/mol. The van der Waals surface area contributed by atoms with Crippen molar-refractivity contribution < 1.29 is 19.0 Å². The van der Waals surface area contributed by atoms with Crippen molar-refractivity contribution in [2.45, 2.75) is 37.5 Å². The van der Waals surface area contributed by atoms with E-state index in [9.17, 15) is 4.79 Å². The third-order valence-electron chi connectivity index (χ3n) is 5.10. The van der Waals surface area contributed by atoms with Crippen molar-refractivity contribution in [2.24, 2.45) is 0 Å². The largest absolute Gasteiger partial charge is 0.493 e. The van der Waals surface area contributed by atoms with Crippen LogP contribution in [0.5, 0.6) is 5.75 Å². The second-order valence-corrected chi connectivity index (χ2v) is 7.06. The quantitative estimate of drug-likeness (QED) is 0.835. The van der Waals surface area contributed by atoms with Crippen molar-refractivity contribution in [1.82, 2.24) is 15.2 Å². The molecule has 3 rings (SSSR count). The molecule has 3 heterocycles. The number of likely N-dealkylation sites (tertiary alicyclic amines) is 1. The molecule has 0 saturated carbocycles. The van der Waals surface area contributed by atoms with Crippen molar-refractivity contribution in [3.63, 3.8) is 0 Å². The number of carbonyl (C=O) groups excluding carboxylic acids is 1. The average Bonchev–Trinajstić information content (AvgIpc) is 2.68. The summed E-state index contributed by atoms with van der Waals surface area (Å²) in [5, 5.41) is 4.08. The van der Waals surface area contributed by atoms with Gasteiger partial charge in [0.25, 0.3) is 5.91 Å². The van der Waals surface area contributed by atoms with E-state index in [1.165, 1.54) is 13.3 Å². The van der Waals surface area contributed by atoms with Gasteiger partial charge < -0.3 is 24.4 Å². The normalized spacial score (nSPS) is 24.5. The molecule has 0 spiro atoms. The molecule has 0 aromatic carbocycles. The average molecular weight is 384 g/mol. The minimum atomic E-state index is -0.136. The maximum absolute atomic E-state index is 12.8. The van der Waals surface area contributed by atoms with Crippen LogP contribution in [-0.4, -0.2) is 74.5 Å². The van der Waals surface area contributed by atoms with Gasteiger partial charge in [-0.25, -0.2) is 4.98 Å². The number of rotatable bonds is 5. The number of pyridine rings is 1. The Morgan fingerprint density at radius 3 is 2.81 bits per heavy atom. The van der Waals surface area contributed by atoms with E-state index in [-0.39, 0.29) is 17.7 Å². The number of hydrogen-bond acceptors (Lipinski definition) is 6. The molecule has 1 amide bonds. The molecule has 8 heteroatoms. The van der Waals surface area contributed by atoms with E-state index < -0.39 is 0 Å². The Morgan fingerprint density at radius 2 is 2.12 bits per heavy atom. The zero-order valence-corrected chi connectivity index (χ0v) is 16.0. The van der Waals surface area contributed by atoms with Gasteiger partial charge in [0.1, 0.15) is 0 Å². The van der Waals surface area contributed by atoms with E-state index in [0.29, 0.717) is 42.6 Å². The number of carbonyl (C=O) groups is 1. The second-order valence-electron chi connectivity index (χ2n) is 6.65. The van der Waals surface area contributed by atoms with Gasteiger partial charge in [0.2, 0.25) is 0 Å². The molecular weight excluding hydrogens is 358 g/mol. The highest BCUT2D eigenvalue weighted by Crippen LogP contribution is 2.28. The summed E-state index contributed by atoms with van der Waals surface area (Å²) in [6, 6.07) is 2.29. The summed E-state index contributed by atoms with van der Waals surface area (Å²) in [5.41, 5.74) is 0.273. The second kappa shape index (κ2) is 8.99. The Labute approximate surface area is 158 Å². The molecule has 2 fully saturated rings. The van der Waals surface area contributed by atoms with E-state index >= 15 is 0 Å². The fourth-order valence-corrected chi connectivity index (χ4v) is 3.83. The molecule has 1 aromatic rings. The van der Waals surface area contributed by atoms with Crippen molar-refractivity contribution in [3.05, 3.63) is 23.0 Å². The van der Waals surface area contributed by atoms with Crippen molar-refractivity contribution in [1.29, 1.82) is 0 Å². The fourth-order valence-electron chi connectivity index (χ4n) is 3.61. The lowest BCUT2D eigenvalue weighted by Gasteiger charge is -2.38. The molecule has 0 bridgehead atoms. The first kappa shape index (κ1) is 19.4. The number of hydrogen-bond donors (Lipinski definition) is 1. The first-order valence-electron chi connectivity index (χ1n) is 8.98. The smallest absolute Gasteiger partial charge is 0.276 e. The maximum Gasteiger partial charge on any atom is 0.276 e. The Bertz CT molecular complexity index is 622.